The third-order valence-electron chi connectivity index (χ3n) is 4.41. The molecule has 104 valence electrons. The molecular weight excluding hydrogens is 238 g/mol. The number of hydrogen-bond acceptors (Lipinski definition) is 5. The molecular formula is C14H23N5. The third-order valence-corrected chi connectivity index (χ3v) is 4.41. The van der Waals surface area contributed by atoms with Gasteiger partial charge in [-0.3, -0.25) is 4.90 Å². The first-order valence-corrected chi connectivity index (χ1v) is 7.28. The zero-order valence-electron chi connectivity index (χ0n) is 11.9. The smallest absolute Gasteiger partial charge is 0.137 e. The Balaban J connectivity index is 1.73. The van der Waals surface area contributed by atoms with Gasteiger partial charge in [-0.15, -0.1) is 0 Å². The van der Waals surface area contributed by atoms with Crippen LogP contribution in [-0.4, -0.2) is 54.1 Å². The van der Waals surface area contributed by atoms with Crippen LogP contribution in [0.2, 0.25) is 0 Å². The Morgan fingerprint density at radius 3 is 2.74 bits per heavy atom. The van der Waals surface area contributed by atoms with Crippen molar-refractivity contribution in [3.63, 3.8) is 0 Å². The summed E-state index contributed by atoms with van der Waals surface area (Å²) in [7, 11) is 1.91. The Morgan fingerprint density at radius 2 is 2.00 bits per heavy atom. The molecule has 2 aliphatic heterocycles. The van der Waals surface area contributed by atoms with Crippen molar-refractivity contribution in [3.8, 4) is 0 Å². The normalized spacial score (nSPS) is 24.1. The SMILES string of the molecule is CNc1ncnc(N2CCC(N3CCCC3)C2)c1C. The zero-order valence-corrected chi connectivity index (χ0v) is 11.9. The van der Waals surface area contributed by atoms with Crippen LogP contribution in [0.1, 0.15) is 24.8 Å². The van der Waals surface area contributed by atoms with E-state index in [0.29, 0.717) is 0 Å². The number of nitrogens with zero attached hydrogens (tertiary/aromatic N) is 4. The van der Waals surface area contributed by atoms with Gasteiger partial charge in [0.15, 0.2) is 0 Å². The van der Waals surface area contributed by atoms with Crippen molar-refractivity contribution in [1.82, 2.24) is 14.9 Å². The molecule has 5 nitrogen and oxygen atoms in total. The fourth-order valence-corrected chi connectivity index (χ4v) is 3.35. The molecule has 1 N–H and O–H groups in total. The van der Waals surface area contributed by atoms with Gasteiger partial charge in [-0.25, -0.2) is 9.97 Å². The summed E-state index contributed by atoms with van der Waals surface area (Å²) in [5.74, 6) is 2.04. The van der Waals surface area contributed by atoms with Gasteiger partial charge in [0.1, 0.15) is 18.0 Å². The third kappa shape index (κ3) is 2.39. The Hall–Kier alpha value is -1.36. The first-order chi connectivity index (χ1) is 9.29. The van der Waals surface area contributed by atoms with Crippen molar-refractivity contribution >= 4 is 11.6 Å². The molecule has 2 fully saturated rings. The molecule has 1 unspecified atom stereocenters. The van der Waals surface area contributed by atoms with Gasteiger partial charge in [0.25, 0.3) is 0 Å². The standard InChI is InChI=1S/C14H23N5/c1-11-13(15-2)16-10-17-14(11)19-8-5-12(9-19)18-6-3-4-7-18/h10,12H,3-9H2,1-2H3,(H,15,16,17). The van der Waals surface area contributed by atoms with Crippen LogP contribution in [0.4, 0.5) is 11.6 Å². The fourth-order valence-electron chi connectivity index (χ4n) is 3.35. The van der Waals surface area contributed by atoms with Gasteiger partial charge in [0.05, 0.1) is 0 Å². The van der Waals surface area contributed by atoms with Gasteiger partial charge in [0, 0.05) is 31.7 Å². The Bertz CT molecular complexity index is 441. The molecule has 0 bridgehead atoms. The Morgan fingerprint density at radius 1 is 1.21 bits per heavy atom. The minimum Gasteiger partial charge on any atom is -0.373 e. The summed E-state index contributed by atoms with van der Waals surface area (Å²) in [5.41, 5.74) is 1.16. The molecule has 0 spiro atoms. The second-order valence-corrected chi connectivity index (χ2v) is 5.55. The minimum absolute atomic E-state index is 0.718. The molecule has 1 atom stereocenters. The van der Waals surface area contributed by atoms with Crippen LogP contribution in [-0.2, 0) is 0 Å². The van der Waals surface area contributed by atoms with Crippen molar-refractivity contribution in [3.05, 3.63) is 11.9 Å². The van der Waals surface area contributed by atoms with Crippen LogP contribution in [0.15, 0.2) is 6.33 Å². The molecule has 5 heteroatoms. The first kappa shape index (κ1) is 12.7. The molecule has 3 rings (SSSR count). The summed E-state index contributed by atoms with van der Waals surface area (Å²) < 4.78 is 0. The first-order valence-electron chi connectivity index (χ1n) is 7.28. The highest BCUT2D eigenvalue weighted by Crippen LogP contribution is 2.28. The largest absolute Gasteiger partial charge is 0.373 e. The molecule has 0 radical (unpaired) electrons. The van der Waals surface area contributed by atoms with E-state index in [4.69, 9.17) is 0 Å². The van der Waals surface area contributed by atoms with Crippen molar-refractivity contribution in [2.75, 3.05) is 43.4 Å². The predicted molar refractivity (Wildman–Crippen MR) is 77.7 cm³/mol. The summed E-state index contributed by atoms with van der Waals surface area (Å²) >= 11 is 0. The van der Waals surface area contributed by atoms with Gasteiger partial charge >= 0.3 is 0 Å². The highest BCUT2D eigenvalue weighted by Gasteiger charge is 2.30. The maximum absolute atomic E-state index is 4.49. The lowest BCUT2D eigenvalue weighted by Gasteiger charge is -2.24. The van der Waals surface area contributed by atoms with E-state index in [9.17, 15) is 0 Å². The van der Waals surface area contributed by atoms with Gasteiger partial charge in [0.2, 0.25) is 0 Å². The van der Waals surface area contributed by atoms with Crippen molar-refractivity contribution < 1.29 is 0 Å². The molecule has 1 aromatic heterocycles. The van der Waals surface area contributed by atoms with E-state index in [1.807, 2.05) is 7.05 Å². The van der Waals surface area contributed by atoms with Gasteiger partial charge in [-0.1, -0.05) is 0 Å². The Labute approximate surface area is 115 Å². The predicted octanol–water partition coefficient (Wildman–Crippen LogP) is 1.50. The number of rotatable bonds is 3. The molecule has 0 aliphatic carbocycles. The number of anilines is 2. The average molecular weight is 261 g/mol. The van der Waals surface area contributed by atoms with Crippen LogP contribution in [0, 0.1) is 6.92 Å². The summed E-state index contributed by atoms with van der Waals surface area (Å²) in [6.07, 6.45) is 5.66. The lowest BCUT2D eigenvalue weighted by atomic mass is 10.2. The molecule has 1 aromatic rings. The van der Waals surface area contributed by atoms with E-state index < -0.39 is 0 Å². The van der Waals surface area contributed by atoms with Crippen molar-refractivity contribution in [1.29, 1.82) is 0 Å². The molecule has 3 heterocycles. The van der Waals surface area contributed by atoms with Crippen molar-refractivity contribution in [2.45, 2.75) is 32.2 Å². The van der Waals surface area contributed by atoms with E-state index in [1.54, 1.807) is 6.33 Å². The maximum atomic E-state index is 4.49. The topological polar surface area (TPSA) is 44.3 Å². The monoisotopic (exact) mass is 261 g/mol. The van der Waals surface area contributed by atoms with E-state index in [2.05, 4.69) is 32.0 Å². The lowest BCUT2D eigenvalue weighted by Crippen LogP contribution is -2.35. The summed E-state index contributed by atoms with van der Waals surface area (Å²) in [6.45, 7) is 6.89. The summed E-state index contributed by atoms with van der Waals surface area (Å²) in [6, 6.07) is 0.718. The molecule has 0 aromatic carbocycles. The van der Waals surface area contributed by atoms with Gasteiger partial charge in [-0.2, -0.15) is 0 Å². The second kappa shape index (κ2) is 5.33. The van der Waals surface area contributed by atoms with Crippen molar-refractivity contribution in [2.24, 2.45) is 0 Å². The van der Waals surface area contributed by atoms with E-state index in [-0.39, 0.29) is 0 Å². The second-order valence-electron chi connectivity index (χ2n) is 5.55. The van der Waals surface area contributed by atoms with Crippen LogP contribution in [0.3, 0.4) is 0 Å². The number of aromatic nitrogens is 2. The number of likely N-dealkylation sites (tertiary alicyclic amines) is 1. The molecule has 0 saturated carbocycles. The highest BCUT2D eigenvalue weighted by atomic mass is 15.3. The Kier molecular flexibility index (Phi) is 3.55. The fraction of sp³-hybridized carbons (Fsp3) is 0.714. The van der Waals surface area contributed by atoms with E-state index >= 15 is 0 Å². The zero-order chi connectivity index (χ0) is 13.2. The maximum Gasteiger partial charge on any atom is 0.137 e. The molecule has 2 saturated heterocycles. The minimum atomic E-state index is 0.718. The van der Waals surface area contributed by atoms with Crippen LogP contribution in [0.25, 0.3) is 0 Å². The van der Waals surface area contributed by atoms with Crippen LogP contribution >= 0.6 is 0 Å². The summed E-state index contributed by atoms with van der Waals surface area (Å²) in [4.78, 5) is 13.8. The average Bonchev–Trinajstić information content (AvgIpc) is 3.09. The van der Waals surface area contributed by atoms with E-state index in [1.165, 1.54) is 32.4 Å². The molecule has 19 heavy (non-hydrogen) atoms. The molecule has 0 amide bonds. The van der Waals surface area contributed by atoms with Crippen LogP contribution < -0.4 is 10.2 Å². The van der Waals surface area contributed by atoms with E-state index in [0.717, 1.165) is 36.3 Å². The quantitative estimate of drug-likeness (QED) is 0.893. The lowest BCUT2D eigenvalue weighted by molar-refractivity contribution is 0.260. The van der Waals surface area contributed by atoms with Crippen LogP contribution in [0.5, 0.6) is 0 Å². The van der Waals surface area contributed by atoms with Gasteiger partial charge in [-0.05, 0) is 39.3 Å². The molecule has 2 aliphatic rings. The number of hydrogen-bond donors (Lipinski definition) is 1. The summed E-state index contributed by atoms with van der Waals surface area (Å²) in [5, 5.41) is 3.14. The highest BCUT2D eigenvalue weighted by molar-refractivity contribution is 5.58. The van der Waals surface area contributed by atoms with Gasteiger partial charge < -0.3 is 10.2 Å². The number of nitrogens with one attached hydrogen (secondary N) is 1.